The van der Waals surface area contributed by atoms with Gasteiger partial charge in [-0.3, -0.25) is 0 Å². The van der Waals surface area contributed by atoms with Gasteiger partial charge in [-0.1, -0.05) is 47.6 Å². The Hall–Kier alpha value is -2.07. The van der Waals surface area contributed by atoms with E-state index in [0.717, 1.165) is 23.3 Å². The predicted octanol–water partition coefficient (Wildman–Crippen LogP) is 6.83. The maximum Gasteiger partial charge on any atom is 0.258 e. The first kappa shape index (κ1) is 24.1. The molecule has 0 saturated carbocycles. The number of furan rings is 1. The van der Waals surface area contributed by atoms with E-state index in [1.54, 1.807) is 12.5 Å². The molecule has 1 atom stereocenters. The summed E-state index contributed by atoms with van der Waals surface area (Å²) in [6.45, 7) is 14.9. The number of ether oxygens (including phenoxy) is 2. The molecule has 0 N–H and O–H groups in total. The van der Waals surface area contributed by atoms with Crippen LogP contribution in [0.4, 0.5) is 0 Å². The third kappa shape index (κ3) is 3.94. The standard InChI is InChI=1S/C27H37NO4Si/c1-19(2)33(20(3)4,21(5)6)32-24-8-7-22-16-26(18-28,25(22)15-24)10-11-27(30-13-14-31-27)23-9-12-29-17-23/h7-9,12,15,17,19-21H,10-11,13-14,16H2,1-6H3. The molecular formula is C27H37NO4Si. The van der Waals surface area contributed by atoms with Gasteiger partial charge < -0.3 is 18.3 Å². The monoisotopic (exact) mass is 467 g/mol. The molecule has 178 valence electrons. The van der Waals surface area contributed by atoms with Crippen molar-refractivity contribution in [2.24, 2.45) is 0 Å². The van der Waals surface area contributed by atoms with Crippen molar-refractivity contribution in [1.29, 1.82) is 5.26 Å². The molecule has 1 saturated heterocycles. The predicted molar refractivity (Wildman–Crippen MR) is 131 cm³/mol. The number of hydrogen-bond acceptors (Lipinski definition) is 5. The van der Waals surface area contributed by atoms with Gasteiger partial charge in [0.2, 0.25) is 0 Å². The summed E-state index contributed by atoms with van der Waals surface area (Å²) in [6, 6.07) is 10.9. The lowest BCUT2D eigenvalue weighted by Gasteiger charge is -2.44. The Bertz CT molecular complexity index is 980. The zero-order chi connectivity index (χ0) is 23.9. The molecule has 0 amide bonds. The van der Waals surface area contributed by atoms with Gasteiger partial charge in [-0.15, -0.1) is 0 Å². The molecule has 1 aromatic heterocycles. The van der Waals surface area contributed by atoms with E-state index in [1.807, 2.05) is 6.07 Å². The summed E-state index contributed by atoms with van der Waals surface area (Å²) < 4.78 is 24.3. The van der Waals surface area contributed by atoms with Crippen molar-refractivity contribution in [2.45, 2.75) is 88.6 Å². The third-order valence-corrected chi connectivity index (χ3v) is 13.9. The van der Waals surface area contributed by atoms with Crippen LogP contribution < -0.4 is 4.43 Å². The van der Waals surface area contributed by atoms with Crippen molar-refractivity contribution >= 4 is 8.32 Å². The van der Waals surface area contributed by atoms with Crippen LogP contribution in [-0.2, 0) is 27.1 Å². The molecule has 2 aliphatic rings. The first-order valence-corrected chi connectivity index (χ1v) is 14.4. The van der Waals surface area contributed by atoms with E-state index in [2.05, 4.69) is 65.8 Å². The number of benzene rings is 1. The SMILES string of the molecule is CC(C)[Si](Oc1ccc2c(c1)C(C#N)(CCC1(c3ccoc3)OCCO1)C2)(C(C)C)C(C)C. The number of nitriles is 1. The molecule has 1 fully saturated rings. The van der Waals surface area contributed by atoms with Crippen molar-refractivity contribution in [3.63, 3.8) is 0 Å². The highest BCUT2D eigenvalue weighted by molar-refractivity contribution is 6.78. The lowest BCUT2D eigenvalue weighted by atomic mass is 9.62. The fraction of sp³-hybridized carbons (Fsp3) is 0.593. The molecule has 2 aromatic rings. The largest absolute Gasteiger partial charge is 0.543 e. The third-order valence-electron chi connectivity index (χ3n) is 7.90. The van der Waals surface area contributed by atoms with Gasteiger partial charge in [-0.2, -0.15) is 5.26 Å². The Balaban J connectivity index is 1.59. The van der Waals surface area contributed by atoms with E-state index in [-0.39, 0.29) is 0 Å². The fourth-order valence-electron chi connectivity index (χ4n) is 6.24. The Morgan fingerprint density at radius 3 is 2.21 bits per heavy atom. The minimum Gasteiger partial charge on any atom is -0.543 e. The van der Waals surface area contributed by atoms with Gasteiger partial charge in [0.25, 0.3) is 8.32 Å². The van der Waals surface area contributed by atoms with Crippen LogP contribution in [0.3, 0.4) is 0 Å². The van der Waals surface area contributed by atoms with Crippen LogP contribution in [0.25, 0.3) is 0 Å². The van der Waals surface area contributed by atoms with E-state index in [9.17, 15) is 5.26 Å². The maximum absolute atomic E-state index is 10.3. The zero-order valence-electron chi connectivity index (χ0n) is 20.8. The van der Waals surface area contributed by atoms with Crippen molar-refractivity contribution in [2.75, 3.05) is 13.2 Å². The van der Waals surface area contributed by atoms with E-state index in [1.165, 1.54) is 5.56 Å². The summed E-state index contributed by atoms with van der Waals surface area (Å²) in [5.74, 6) is 0.0872. The van der Waals surface area contributed by atoms with Gasteiger partial charge in [0, 0.05) is 12.0 Å². The number of fused-ring (bicyclic) bond motifs is 1. The number of hydrogen-bond donors (Lipinski definition) is 0. The highest BCUT2D eigenvalue weighted by Crippen LogP contribution is 2.50. The summed E-state index contributed by atoms with van der Waals surface area (Å²) >= 11 is 0. The van der Waals surface area contributed by atoms with Gasteiger partial charge in [0.1, 0.15) is 5.75 Å². The van der Waals surface area contributed by atoms with E-state index in [0.29, 0.717) is 42.7 Å². The summed E-state index contributed by atoms with van der Waals surface area (Å²) in [7, 11) is -2.06. The quantitative estimate of drug-likeness (QED) is 0.378. The van der Waals surface area contributed by atoms with Gasteiger partial charge >= 0.3 is 0 Å². The second kappa shape index (κ2) is 8.94. The normalized spacial score (nSPS) is 21.8. The average Bonchev–Trinajstić information content (AvgIpc) is 3.46. The lowest BCUT2D eigenvalue weighted by molar-refractivity contribution is -0.173. The first-order chi connectivity index (χ1) is 15.7. The number of nitrogens with zero attached hydrogens (tertiary/aromatic N) is 1. The van der Waals surface area contributed by atoms with Crippen LogP contribution in [-0.4, -0.2) is 21.5 Å². The van der Waals surface area contributed by atoms with Gasteiger partial charge in [-0.25, -0.2) is 0 Å². The molecule has 0 radical (unpaired) electrons. The van der Waals surface area contributed by atoms with Gasteiger partial charge in [0.15, 0.2) is 5.79 Å². The van der Waals surface area contributed by atoms with Crippen molar-refractivity contribution in [1.82, 2.24) is 0 Å². The van der Waals surface area contributed by atoms with Crippen LogP contribution in [0.15, 0.2) is 41.2 Å². The van der Waals surface area contributed by atoms with E-state index < -0.39 is 19.5 Å². The lowest BCUT2D eigenvalue weighted by Crippen LogP contribution is -2.50. The smallest absolute Gasteiger partial charge is 0.258 e. The summed E-state index contributed by atoms with van der Waals surface area (Å²) in [5.41, 5.74) is 4.16. The fourth-order valence-corrected chi connectivity index (χ4v) is 11.5. The van der Waals surface area contributed by atoms with Crippen LogP contribution in [0, 0.1) is 11.3 Å². The molecule has 0 bridgehead atoms. The van der Waals surface area contributed by atoms with Crippen molar-refractivity contribution in [3.05, 3.63) is 53.5 Å². The molecule has 1 aliphatic heterocycles. The second-order valence-electron chi connectivity index (χ2n) is 10.6. The first-order valence-electron chi connectivity index (χ1n) is 12.2. The zero-order valence-corrected chi connectivity index (χ0v) is 21.8. The van der Waals surface area contributed by atoms with Gasteiger partial charge in [0.05, 0.1) is 37.2 Å². The topological polar surface area (TPSA) is 64.6 Å². The Labute approximate surface area is 199 Å². The van der Waals surface area contributed by atoms with Crippen molar-refractivity contribution in [3.8, 4) is 11.8 Å². The van der Waals surface area contributed by atoms with Crippen LogP contribution >= 0.6 is 0 Å². The molecule has 4 rings (SSSR count). The minimum absolute atomic E-state index is 0.496. The minimum atomic E-state index is -2.06. The molecular weight excluding hydrogens is 430 g/mol. The molecule has 5 nitrogen and oxygen atoms in total. The average molecular weight is 468 g/mol. The van der Waals surface area contributed by atoms with Crippen LogP contribution in [0.2, 0.25) is 16.6 Å². The summed E-state index contributed by atoms with van der Waals surface area (Å²) in [4.78, 5) is 0. The summed E-state index contributed by atoms with van der Waals surface area (Å²) in [5, 5.41) is 10.3. The second-order valence-corrected chi connectivity index (χ2v) is 15.9. The molecule has 1 aliphatic carbocycles. The highest BCUT2D eigenvalue weighted by Gasteiger charge is 2.50. The Morgan fingerprint density at radius 1 is 1.00 bits per heavy atom. The van der Waals surface area contributed by atoms with Gasteiger partial charge in [-0.05, 0) is 58.8 Å². The maximum atomic E-state index is 10.3. The molecule has 6 heteroatoms. The molecule has 0 spiro atoms. The van der Waals surface area contributed by atoms with Crippen LogP contribution in [0.5, 0.6) is 5.75 Å². The molecule has 1 unspecified atom stereocenters. The van der Waals surface area contributed by atoms with E-state index in [4.69, 9.17) is 18.3 Å². The highest BCUT2D eigenvalue weighted by atomic mass is 28.4. The van der Waals surface area contributed by atoms with Crippen LogP contribution in [0.1, 0.15) is 71.1 Å². The Kier molecular flexibility index (Phi) is 6.52. The molecule has 33 heavy (non-hydrogen) atoms. The molecule has 1 aromatic carbocycles. The van der Waals surface area contributed by atoms with E-state index >= 15 is 0 Å². The Morgan fingerprint density at radius 2 is 1.67 bits per heavy atom. The van der Waals surface area contributed by atoms with Crippen molar-refractivity contribution < 1.29 is 18.3 Å². The summed E-state index contributed by atoms with van der Waals surface area (Å²) in [6.07, 6.45) is 5.33. The molecule has 2 heterocycles. The number of rotatable bonds is 9.